The number of anilines is 1. The molecule has 1 amide bonds. The molecule has 3 aromatic rings. The standard InChI is InChI=1S/C20H19Cl2N3OS/c1-12-3-4-17-18(13(12)2)23-20(27-17)25-7-5-24(6-8-25)19(26)14-9-15(21)11-16(22)10-14/h3-4,9-11H,5-8H2,1-2H3. The molecule has 7 heteroatoms. The highest BCUT2D eigenvalue weighted by molar-refractivity contribution is 7.22. The predicted octanol–water partition coefficient (Wildman–Crippen LogP) is 5.18. The number of nitrogens with zero attached hydrogens (tertiary/aromatic N) is 3. The van der Waals surface area contributed by atoms with Crippen molar-refractivity contribution in [3.8, 4) is 0 Å². The van der Waals surface area contributed by atoms with Crippen LogP contribution in [0.1, 0.15) is 21.5 Å². The van der Waals surface area contributed by atoms with E-state index in [1.54, 1.807) is 29.5 Å². The van der Waals surface area contributed by atoms with Gasteiger partial charge in [0, 0.05) is 41.8 Å². The molecule has 0 N–H and O–H groups in total. The molecule has 1 saturated heterocycles. The van der Waals surface area contributed by atoms with Crippen LogP contribution in [0.4, 0.5) is 5.13 Å². The van der Waals surface area contributed by atoms with Gasteiger partial charge in [0.1, 0.15) is 0 Å². The van der Waals surface area contributed by atoms with Crippen molar-refractivity contribution in [2.75, 3.05) is 31.1 Å². The van der Waals surface area contributed by atoms with Gasteiger partial charge in [-0.25, -0.2) is 4.98 Å². The highest BCUT2D eigenvalue weighted by Gasteiger charge is 2.24. The first-order valence-corrected chi connectivity index (χ1v) is 10.4. The van der Waals surface area contributed by atoms with E-state index in [0.717, 1.165) is 23.7 Å². The zero-order valence-corrected chi connectivity index (χ0v) is 17.5. The molecule has 0 spiro atoms. The first-order valence-electron chi connectivity index (χ1n) is 8.79. The van der Waals surface area contributed by atoms with Crippen molar-refractivity contribution >= 4 is 55.8 Å². The average Bonchev–Trinajstić information content (AvgIpc) is 3.09. The summed E-state index contributed by atoms with van der Waals surface area (Å²) in [5.74, 6) is -0.0326. The zero-order chi connectivity index (χ0) is 19.1. The molecule has 0 aliphatic carbocycles. The molecule has 27 heavy (non-hydrogen) atoms. The van der Waals surface area contributed by atoms with Crippen molar-refractivity contribution in [1.82, 2.24) is 9.88 Å². The van der Waals surface area contributed by atoms with E-state index in [1.807, 2.05) is 4.90 Å². The van der Waals surface area contributed by atoms with Crippen LogP contribution in [0, 0.1) is 13.8 Å². The fraction of sp³-hybridized carbons (Fsp3) is 0.300. The van der Waals surface area contributed by atoms with Crippen LogP contribution in [0.3, 0.4) is 0 Å². The number of halogens is 2. The van der Waals surface area contributed by atoms with Crippen LogP contribution < -0.4 is 4.90 Å². The number of fused-ring (bicyclic) bond motifs is 1. The normalized spacial score (nSPS) is 14.8. The van der Waals surface area contributed by atoms with Gasteiger partial charge in [0.05, 0.1) is 10.2 Å². The number of aryl methyl sites for hydroxylation is 2. The summed E-state index contributed by atoms with van der Waals surface area (Å²) < 4.78 is 1.21. The van der Waals surface area contributed by atoms with Gasteiger partial charge in [-0.3, -0.25) is 4.79 Å². The molecular weight excluding hydrogens is 401 g/mol. The van der Waals surface area contributed by atoms with Gasteiger partial charge in [0.2, 0.25) is 0 Å². The summed E-state index contributed by atoms with van der Waals surface area (Å²) in [6.07, 6.45) is 0. The summed E-state index contributed by atoms with van der Waals surface area (Å²) in [5, 5.41) is 1.98. The number of thiazole rings is 1. The number of carbonyl (C=O) groups excluding carboxylic acids is 1. The number of rotatable bonds is 2. The number of benzene rings is 2. The minimum atomic E-state index is -0.0326. The predicted molar refractivity (Wildman–Crippen MR) is 114 cm³/mol. The lowest BCUT2D eigenvalue weighted by Gasteiger charge is -2.34. The van der Waals surface area contributed by atoms with Crippen molar-refractivity contribution in [3.63, 3.8) is 0 Å². The van der Waals surface area contributed by atoms with E-state index < -0.39 is 0 Å². The highest BCUT2D eigenvalue weighted by Crippen LogP contribution is 2.32. The molecule has 4 rings (SSSR count). The third-order valence-corrected chi connectivity index (χ3v) is 6.54. The maximum atomic E-state index is 12.7. The van der Waals surface area contributed by atoms with E-state index in [0.29, 0.717) is 28.7 Å². The Hall–Kier alpha value is -1.82. The van der Waals surface area contributed by atoms with Crippen LogP contribution in [0.2, 0.25) is 10.0 Å². The lowest BCUT2D eigenvalue weighted by molar-refractivity contribution is 0.0747. The maximum Gasteiger partial charge on any atom is 0.254 e. The Morgan fingerprint density at radius 1 is 1.04 bits per heavy atom. The van der Waals surface area contributed by atoms with Crippen molar-refractivity contribution in [2.45, 2.75) is 13.8 Å². The summed E-state index contributed by atoms with van der Waals surface area (Å²) in [4.78, 5) is 21.7. The molecule has 1 aromatic heterocycles. The van der Waals surface area contributed by atoms with Crippen molar-refractivity contribution in [3.05, 3.63) is 57.1 Å². The molecule has 0 saturated carbocycles. The van der Waals surface area contributed by atoms with Crippen LogP contribution in [0.25, 0.3) is 10.2 Å². The Morgan fingerprint density at radius 3 is 2.37 bits per heavy atom. The third kappa shape index (κ3) is 3.64. The molecule has 2 heterocycles. The lowest BCUT2D eigenvalue weighted by atomic mass is 10.1. The summed E-state index contributed by atoms with van der Waals surface area (Å²) in [7, 11) is 0. The molecule has 0 atom stereocenters. The number of aromatic nitrogens is 1. The second-order valence-corrected chi connectivity index (χ2v) is 8.67. The van der Waals surface area contributed by atoms with E-state index in [4.69, 9.17) is 28.2 Å². The van der Waals surface area contributed by atoms with Crippen molar-refractivity contribution in [2.24, 2.45) is 0 Å². The SMILES string of the molecule is Cc1ccc2sc(N3CCN(C(=O)c4cc(Cl)cc(Cl)c4)CC3)nc2c1C. The highest BCUT2D eigenvalue weighted by atomic mass is 35.5. The second-order valence-electron chi connectivity index (χ2n) is 6.79. The zero-order valence-electron chi connectivity index (χ0n) is 15.1. The quantitative estimate of drug-likeness (QED) is 0.573. The average molecular weight is 420 g/mol. The molecule has 0 radical (unpaired) electrons. The summed E-state index contributed by atoms with van der Waals surface area (Å²) in [6.45, 7) is 7.05. The maximum absolute atomic E-state index is 12.7. The van der Waals surface area contributed by atoms with E-state index in [9.17, 15) is 4.79 Å². The molecule has 1 aliphatic heterocycles. The molecule has 1 fully saturated rings. The van der Waals surface area contributed by atoms with Gasteiger partial charge in [0.25, 0.3) is 5.91 Å². The molecule has 0 unspecified atom stereocenters. The van der Waals surface area contributed by atoms with Gasteiger partial charge in [-0.1, -0.05) is 40.6 Å². The molecule has 140 valence electrons. The number of hydrogen-bond donors (Lipinski definition) is 0. The van der Waals surface area contributed by atoms with Crippen LogP contribution in [0.5, 0.6) is 0 Å². The van der Waals surface area contributed by atoms with E-state index in [1.165, 1.54) is 15.8 Å². The van der Waals surface area contributed by atoms with E-state index >= 15 is 0 Å². The van der Waals surface area contributed by atoms with Crippen LogP contribution in [-0.2, 0) is 0 Å². The van der Waals surface area contributed by atoms with E-state index in [2.05, 4.69) is 30.9 Å². The number of amides is 1. The van der Waals surface area contributed by atoms with Crippen LogP contribution >= 0.6 is 34.5 Å². The molecular formula is C20H19Cl2N3OS. The van der Waals surface area contributed by atoms with Crippen LogP contribution in [0.15, 0.2) is 30.3 Å². The molecule has 1 aliphatic rings. The monoisotopic (exact) mass is 419 g/mol. The van der Waals surface area contributed by atoms with Crippen molar-refractivity contribution in [1.29, 1.82) is 0 Å². The first kappa shape index (κ1) is 18.5. The fourth-order valence-electron chi connectivity index (χ4n) is 3.31. The number of carbonyl (C=O) groups is 1. The molecule has 0 bridgehead atoms. The number of hydrogen-bond acceptors (Lipinski definition) is 4. The topological polar surface area (TPSA) is 36.4 Å². The Labute approximate surface area is 172 Å². The smallest absolute Gasteiger partial charge is 0.254 e. The van der Waals surface area contributed by atoms with Gasteiger partial charge in [-0.05, 0) is 49.2 Å². The Kier molecular flexibility index (Phi) is 5.01. The minimum Gasteiger partial charge on any atom is -0.345 e. The van der Waals surface area contributed by atoms with Gasteiger partial charge in [-0.2, -0.15) is 0 Å². The van der Waals surface area contributed by atoms with E-state index in [-0.39, 0.29) is 5.91 Å². The molecule has 2 aromatic carbocycles. The summed E-state index contributed by atoms with van der Waals surface area (Å²) in [5.41, 5.74) is 4.12. The summed E-state index contributed by atoms with van der Waals surface area (Å²) >= 11 is 13.8. The largest absolute Gasteiger partial charge is 0.345 e. The number of piperazine rings is 1. The van der Waals surface area contributed by atoms with Crippen LogP contribution in [-0.4, -0.2) is 42.0 Å². The molecule has 4 nitrogen and oxygen atoms in total. The Balaban J connectivity index is 1.49. The van der Waals surface area contributed by atoms with Crippen molar-refractivity contribution < 1.29 is 4.79 Å². The second kappa shape index (κ2) is 7.30. The lowest BCUT2D eigenvalue weighted by Crippen LogP contribution is -2.48. The first-order chi connectivity index (χ1) is 12.9. The van der Waals surface area contributed by atoms with Gasteiger partial charge in [-0.15, -0.1) is 0 Å². The van der Waals surface area contributed by atoms with Gasteiger partial charge >= 0.3 is 0 Å². The Morgan fingerprint density at radius 2 is 1.70 bits per heavy atom. The van der Waals surface area contributed by atoms with Gasteiger partial charge in [0.15, 0.2) is 5.13 Å². The fourth-order valence-corrected chi connectivity index (χ4v) is 4.91. The Bertz CT molecular complexity index is 1010. The van der Waals surface area contributed by atoms with Gasteiger partial charge < -0.3 is 9.80 Å². The third-order valence-electron chi connectivity index (χ3n) is 5.02. The minimum absolute atomic E-state index is 0.0326. The summed E-state index contributed by atoms with van der Waals surface area (Å²) in [6, 6.07) is 9.25.